The van der Waals surface area contributed by atoms with Crippen LogP contribution in [0.15, 0.2) is 4.52 Å². The van der Waals surface area contributed by atoms with Crippen LogP contribution in [0, 0.1) is 11.5 Å². The third-order valence-electron chi connectivity index (χ3n) is 0.279. The van der Waals surface area contributed by atoms with Crippen LogP contribution in [0.5, 0.6) is 0 Å². The topological polar surface area (TPSA) is 116 Å². The Kier molecular flexibility index (Phi) is 2.32. The molecule has 0 radical (unpaired) electrons. The molecule has 0 aromatic heterocycles. The number of hydrogen-bond donors (Lipinski definition) is 0. The summed E-state index contributed by atoms with van der Waals surface area (Å²) in [6.07, 6.45) is 0.840. The first-order valence-electron chi connectivity index (χ1n) is 1.51. The molecule has 0 spiro atoms. The number of hydrogen-bond acceptors (Lipinski definition) is 4. The van der Waals surface area contributed by atoms with Crippen molar-refractivity contribution in [3.8, 4) is 6.26 Å². The number of nitriles is 1. The van der Waals surface area contributed by atoms with Gasteiger partial charge in [-0.1, -0.05) is 0 Å². The van der Waals surface area contributed by atoms with Gasteiger partial charge in [0.25, 0.3) is 0 Å². The summed E-state index contributed by atoms with van der Waals surface area (Å²) in [5, 5.41) is 7.59. The molecule has 0 aliphatic heterocycles. The van der Waals surface area contributed by atoms with Gasteiger partial charge in [0.05, 0.1) is 4.52 Å². The van der Waals surface area contributed by atoms with Crippen molar-refractivity contribution in [1.82, 2.24) is 0 Å². The van der Waals surface area contributed by atoms with Gasteiger partial charge in [0, 0.05) is 4.91 Å². The molecule has 0 saturated heterocycles. The molecule has 0 rings (SSSR count). The molecule has 9 heavy (non-hydrogen) atoms. The molecule has 0 bridgehead atoms. The van der Waals surface area contributed by atoms with E-state index in [1.807, 2.05) is 4.91 Å². The molecular formula is CN4O3S. The smallest absolute Gasteiger partial charge is 0.296 e. The normalized spacial score (nSPS) is 8.78. The van der Waals surface area contributed by atoms with Crippen LogP contribution in [0.4, 0.5) is 0 Å². The minimum absolute atomic E-state index is 0.840. The van der Waals surface area contributed by atoms with E-state index < -0.39 is 10.3 Å². The van der Waals surface area contributed by atoms with Gasteiger partial charge < -0.3 is 0 Å². The molecule has 0 aliphatic rings. The van der Waals surface area contributed by atoms with E-state index in [9.17, 15) is 8.42 Å². The third kappa shape index (κ3) is 3.16. The highest BCUT2D eigenvalue weighted by molar-refractivity contribution is 7.85. The Balaban J connectivity index is 4.46. The molecule has 0 unspecified atom stereocenters. The van der Waals surface area contributed by atoms with Crippen LogP contribution in [0.25, 0.3) is 10.4 Å². The molecule has 0 aromatic rings. The number of azide groups is 1. The van der Waals surface area contributed by atoms with E-state index in [0.717, 1.165) is 6.26 Å². The standard InChI is InChI=1S/CN4O3S/c2-1-8-9(6,7)5-4-3. The molecular weight excluding hydrogens is 148 g/mol. The zero-order valence-corrected chi connectivity index (χ0v) is 4.74. The van der Waals surface area contributed by atoms with Gasteiger partial charge in [-0.05, 0) is 5.53 Å². The lowest BCUT2D eigenvalue weighted by atomic mass is 11.6. The first-order valence-corrected chi connectivity index (χ1v) is 2.88. The third-order valence-corrected chi connectivity index (χ3v) is 0.837. The van der Waals surface area contributed by atoms with Crippen molar-refractivity contribution in [1.29, 1.82) is 5.26 Å². The molecule has 7 nitrogen and oxygen atoms in total. The largest absolute Gasteiger partial charge is 0.412 e. The average Bonchev–Trinajstić information content (AvgIpc) is 1.64. The highest BCUT2D eigenvalue weighted by Gasteiger charge is 2.04. The number of rotatable bonds is 2. The lowest BCUT2D eigenvalue weighted by Gasteiger charge is -1.82. The fourth-order valence-electron chi connectivity index (χ4n) is 0.108. The zero-order valence-electron chi connectivity index (χ0n) is 3.92. The summed E-state index contributed by atoms with van der Waals surface area (Å²) in [5.74, 6) is 0. The van der Waals surface area contributed by atoms with Gasteiger partial charge in [0.2, 0.25) is 0 Å². The summed E-state index contributed by atoms with van der Waals surface area (Å²) in [7, 11) is -4.33. The minimum Gasteiger partial charge on any atom is -0.296 e. The van der Waals surface area contributed by atoms with Gasteiger partial charge in [-0.25, -0.2) is 0 Å². The first-order chi connectivity index (χ1) is 4.12. The van der Waals surface area contributed by atoms with Gasteiger partial charge in [-0.2, -0.15) is 8.42 Å². The van der Waals surface area contributed by atoms with Gasteiger partial charge >= 0.3 is 16.6 Å². The summed E-state index contributed by atoms with van der Waals surface area (Å²) < 4.78 is 25.4. The van der Waals surface area contributed by atoms with E-state index >= 15 is 0 Å². The van der Waals surface area contributed by atoms with Crippen LogP contribution >= 0.6 is 0 Å². The predicted octanol–water partition coefficient (Wildman–Crippen LogP) is 0.0392. The highest BCUT2D eigenvalue weighted by Crippen LogP contribution is 1.91. The van der Waals surface area contributed by atoms with Crippen LogP contribution in [-0.4, -0.2) is 8.42 Å². The van der Waals surface area contributed by atoms with E-state index in [1.165, 1.54) is 0 Å². The van der Waals surface area contributed by atoms with E-state index in [2.05, 4.69) is 8.70 Å². The van der Waals surface area contributed by atoms with Crippen LogP contribution in [0.2, 0.25) is 0 Å². The SMILES string of the molecule is N#COS(=O)(=O)N=[N+]=[N-]. The van der Waals surface area contributed by atoms with Crippen molar-refractivity contribution >= 4 is 10.3 Å². The number of nitrogens with zero attached hydrogens (tertiary/aromatic N) is 4. The van der Waals surface area contributed by atoms with E-state index in [4.69, 9.17) is 10.8 Å². The van der Waals surface area contributed by atoms with Gasteiger partial charge in [-0.3, -0.25) is 4.18 Å². The van der Waals surface area contributed by atoms with Crippen molar-refractivity contribution in [3.63, 3.8) is 0 Å². The second-order valence-electron chi connectivity index (χ2n) is 0.773. The maximum atomic E-state index is 9.97. The fraction of sp³-hybridized carbons (Fsp3) is 0. The Morgan fingerprint density at radius 3 is 2.67 bits per heavy atom. The summed E-state index contributed by atoms with van der Waals surface area (Å²) in [5.41, 5.74) is 7.52. The highest BCUT2D eigenvalue weighted by atomic mass is 32.2. The van der Waals surface area contributed by atoms with E-state index in [0.29, 0.717) is 0 Å². The molecule has 0 aliphatic carbocycles. The summed E-state index contributed by atoms with van der Waals surface area (Å²) in [6.45, 7) is 0. The maximum absolute atomic E-state index is 9.97. The summed E-state index contributed by atoms with van der Waals surface area (Å²) >= 11 is 0. The summed E-state index contributed by atoms with van der Waals surface area (Å²) in [6, 6.07) is 0. The Labute approximate surface area is 50.3 Å². The molecule has 0 N–H and O–H groups in total. The first kappa shape index (κ1) is 7.55. The fourth-order valence-corrected chi connectivity index (χ4v) is 0.325. The quantitative estimate of drug-likeness (QED) is 0.238. The molecule has 0 atom stereocenters. The second-order valence-corrected chi connectivity index (χ2v) is 1.96. The second kappa shape index (κ2) is 2.76. The lowest BCUT2D eigenvalue weighted by molar-refractivity contribution is 0.460. The Morgan fingerprint density at radius 1 is 1.78 bits per heavy atom. The predicted molar refractivity (Wildman–Crippen MR) is 24.8 cm³/mol. The monoisotopic (exact) mass is 148 g/mol. The van der Waals surface area contributed by atoms with Crippen LogP contribution in [0.1, 0.15) is 0 Å². The van der Waals surface area contributed by atoms with Crippen LogP contribution < -0.4 is 0 Å². The van der Waals surface area contributed by atoms with Gasteiger partial charge in [0.1, 0.15) is 0 Å². The van der Waals surface area contributed by atoms with Gasteiger partial charge in [-0.15, -0.1) is 5.26 Å². The van der Waals surface area contributed by atoms with Gasteiger partial charge in [0.15, 0.2) is 0 Å². The molecule has 0 amide bonds. The maximum Gasteiger partial charge on any atom is 0.412 e. The van der Waals surface area contributed by atoms with Crippen molar-refractivity contribution in [3.05, 3.63) is 10.4 Å². The molecule has 0 saturated carbocycles. The Morgan fingerprint density at radius 2 is 2.33 bits per heavy atom. The van der Waals surface area contributed by atoms with Crippen molar-refractivity contribution in [2.45, 2.75) is 0 Å². The van der Waals surface area contributed by atoms with Crippen LogP contribution in [-0.2, 0) is 14.5 Å². The minimum atomic E-state index is -4.33. The van der Waals surface area contributed by atoms with Crippen molar-refractivity contribution in [2.24, 2.45) is 4.52 Å². The van der Waals surface area contributed by atoms with Crippen molar-refractivity contribution in [2.75, 3.05) is 0 Å². The zero-order chi connectivity index (χ0) is 7.33. The molecule has 8 heteroatoms. The Hall–Kier alpha value is -1.45. The lowest BCUT2D eigenvalue weighted by Crippen LogP contribution is -1.93. The van der Waals surface area contributed by atoms with Crippen molar-refractivity contribution < 1.29 is 12.6 Å². The Bertz CT molecular complexity index is 265. The molecule has 48 valence electrons. The molecule has 0 heterocycles. The molecule has 0 aromatic carbocycles. The van der Waals surface area contributed by atoms with E-state index in [-0.39, 0.29) is 0 Å². The van der Waals surface area contributed by atoms with E-state index in [1.54, 1.807) is 0 Å². The molecule has 0 fully saturated rings. The summed E-state index contributed by atoms with van der Waals surface area (Å²) in [4.78, 5) is 1.89. The van der Waals surface area contributed by atoms with Crippen LogP contribution in [0.3, 0.4) is 0 Å². The average molecular weight is 148 g/mol.